The summed E-state index contributed by atoms with van der Waals surface area (Å²) in [7, 11) is 0. The fraction of sp³-hybridized carbons (Fsp3) is 0.524. The average molecular weight is 388 g/mol. The maximum Gasteiger partial charge on any atom is 0.225 e. The molecule has 144 valence electrons. The van der Waals surface area contributed by atoms with Crippen LogP contribution < -0.4 is 4.74 Å². The van der Waals surface area contributed by atoms with E-state index in [1.165, 1.54) is 12.8 Å². The molecule has 0 unspecified atom stereocenters. The van der Waals surface area contributed by atoms with Crippen LogP contribution >= 0.6 is 11.6 Å². The van der Waals surface area contributed by atoms with Gasteiger partial charge in [-0.25, -0.2) is 0 Å². The van der Waals surface area contributed by atoms with Crippen LogP contribution in [0.3, 0.4) is 0 Å². The molecule has 1 N–H and O–H groups in total. The van der Waals surface area contributed by atoms with Crippen molar-refractivity contribution in [2.24, 2.45) is 5.92 Å². The van der Waals surface area contributed by atoms with Gasteiger partial charge in [-0.3, -0.25) is 9.89 Å². The summed E-state index contributed by atoms with van der Waals surface area (Å²) < 4.78 is 5.75. The highest BCUT2D eigenvalue weighted by Crippen LogP contribution is 2.31. The number of hydrogen-bond donors (Lipinski definition) is 1. The summed E-state index contributed by atoms with van der Waals surface area (Å²) in [5, 5.41) is 8.28. The summed E-state index contributed by atoms with van der Waals surface area (Å²) in [6.45, 7) is 2.23. The highest BCUT2D eigenvalue weighted by molar-refractivity contribution is 6.30. The quantitative estimate of drug-likeness (QED) is 0.808. The molecule has 1 saturated carbocycles. The summed E-state index contributed by atoms with van der Waals surface area (Å²) in [6.07, 6.45) is 6.30. The minimum Gasteiger partial charge on any atom is -0.493 e. The number of amides is 1. The van der Waals surface area contributed by atoms with Crippen molar-refractivity contribution in [2.45, 2.75) is 44.4 Å². The Balaban J connectivity index is 1.27. The van der Waals surface area contributed by atoms with Crippen LogP contribution in [-0.2, 0) is 11.2 Å². The van der Waals surface area contributed by atoms with Crippen molar-refractivity contribution in [2.75, 3.05) is 19.7 Å². The van der Waals surface area contributed by atoms with Crippen LogP contribution in [0.5, 0.6) is 5.75 Å². The molecule has 5 nitrogen and oxygen atoms in total. The predicted molar refractivity (Wildman–Crippen MR) is 105 cm³/mol. The molecular formula is C21H26ClN3O2. The Morgan fingerprint density at radius 2 is 2.11 bits per heavy atom. The Morgan fingerprint density at radius 1 is 1.26 bits per heavy atom. The molecule has 2 fully saturated rings. The lowest BCUT2D eigenvalue weighted by molar-refractivity contribution is -0.134. The van der Waals surface area contributed by atoms with E-state index in [1.807, 2.05) is 24.3 Å². The van der Waals surface area contributed by atoms with Gasteiger partial charge in [0.25, 0.3) is 0 Å². The molecule has 27 heavy (non-hydrogen) atoms. The average Bonchev–Trinajstić information content (AvgIpc) is 3.42. The van der Waals surface area contributed by atoms with Crippen LogP contribution in [0.25, 0.3) is 0 Å². The summed E-state index contributed by atoms with van der Waals surface area (Å²) >= 11 is 5.97. The van der Waals surface area contributed by atoms with Crippen molar-refractivity contribution < 1.29 is 9.53 Å². The normalized spacial score (nSPS) is 20.3. The van der Waals surface area contributed by atoms with E-state index in [4.69, 9.17) is 16.3 Å². The number of H-pyrrole nitrogens is 1. The van der Waals surface area contributed by atoms with E-state index in [2.05, 4.69) is 21.2 Å². The molecule has 6 heteroatoms. The molecule has 2 aliphatic rings. The second-order valence-corrected chi connectivity index (χ2v) is 8.06. The first-order chi connectivity index (χ1) is 13.2. The minimum atomic E-state index is 0.266. The molecule has 0 radical (unpaired) electrons. The summed E-state index contributed by atoms with van der Waals surface area (Å²) in [5.74, 6) is 1.75. The second kappa shape index (κ2) is 8.34. The van der Waals surface area contributed by atoms with Gasteiger partial charge in [0.05, 0.1) is 12.3 Å². The van der Waals surface area contributed by atoms with Gasteiger partial charge in [0.2, 0.25) is 5.91 Å². The van der Waals surface area contributed by atoms with Gasteiger partial charge in [-0.2, -0.15) is 5.10 Å². The zero-order valence-corrected chi connectivity index (χ0v) is 16.3. The maximum atomic E-state index is 12.6. The third-order valence-electron chi connectivity index (χ3n) is 5.71. The molecule has 2 aromatic rings. The van der Waals surface area contributed by atoms with E-state index in [0.717, 1.165) is 55.9 Å². The number of nitrogens with zero attached hydrogens (tertiary/aromatic N) is 2. The van der Waals surface area contributed by atoms with Gasteiger partial charge in [0.1, 0.15) is 5.75 Å². The van der Waals surface area contributed by atoms with Gasteiger partial charge in [-0.05, 0) is 43.5 Å². The third-order valence-corrected chi connectivity index (χ3v) is 5.94. The van der Waals surface area contributed by atoms with Gasteiger partial charge >= 0.3 is 0 Å². The molecule has 1 aromatic carbocycles. The lowest BCUT2D eigenvalue weighted by Crippen LogP contribution is -2.33. The van der Waals surface area contributed by atoms with E-state index in [-0.39, 0.29) is 5.92 Å². The van der Waals surface area contributed by atoms with Crippen LogP contribution in [0, 0.1) is 5.92 Å². The number of carbonyl (C=O) groups is 1. The highest BCUT2D eigenvalue weighted by atomic mass is 35.5. The number of halogens is 1. The fourth-order valence-electron chi connectivity index (χ4n) is 4.19. The number of aromatic nitrogens is 2. The van der Waals surface area contributed by atoms with Crippen molar-refractivity contribution in [3.8, 4) is 5.75 Å². The number of likely N-dealkylation sites (tertiary alicyclic amines) is 1. The van der Waals surface area contributed by atoms with E-state index in [9.17, 15) is 4.79 Å². The molecule has 0 spiro atoms. The number of aromatic amines is 1. The highest BCUT2D eigenvalue weighted by Gasteiger charge is 2.33. The standard InChI is InChI=1S/C21H26ClN3O2/c22-17-6-3-7-19(12-17)27-11-9-18-13-20(24-23-18)16-8-10-25(14-16)21(26)15-4-1-2-5-15/h3,6-7,12-13,15-16H,1-2,4-5,8-11,14H2,(H,23,24)/t16-/m0/s1. The number of benzene rings is 1. The Kier molecular flexibility index (Phi) is 5.67. The van der Waals surface area contributed by atoms with Gasteiger partial charge in [-0.1, -0.05) is 30.5 Å². The SMILES string of the molecule is O=C(C1CCCC1)N1CC[C@H](c2cc(CCOc3cccc(Cl)c3)[nH]n2)C1. The molecule has 1 aromatic heterocycles. The lowest BCUT2D eigenvalue weighted by atomic mass is 10.0. The molecule has 1 aliphatic carbocycles. The first-order valence-electron chi connectivity index (χ1n) is 9.90. The van der Waals surface area contributed by atoms with Gasteiger partial charge in [0.15, 0.2) is 0 Å². The van der Waals surface area contributed by atoms with Crippen LogP contribution in [0.2, 0.25) is 5.02 Å². The Bertz CT molecular complexity index is 785. The molecule has 1 amide bonds. The Labute approximate surface area is 165 Å². The number of ether oxygens (including phenoxy) is 1. The second-order valence-electron chi connectivity index (χ2n) is 7.63. The van der Waals surface area contributed by atoms with Crippen molar-refractivity contribution in [3.63, 3.8) is 0 Å². The van der Waals surface area contributed by atoms with Crippen LogP contribution in [0.15, 0.2) is 30.3 Å². The first-order valence-corrected chi connectivity index (χ1v) is 10.3. The van der Waals surface area contributed by atoms with Crippen molar-refractivity contribution in [1.82, 2.24) is 15.1 Å². The molecule has 2 heterocycles. The van der Waals surface area contributed by atoms with E-state index < -0.39 is 0 Å². The lowest BCUT2D eigenvalue weighted by Gasteiger charge is -2.20. The monoisotopic (exact) mass is 387 g/mol. The number of nitrogens with one attached hydrogen (secondary N) is 1. The van der Waals surface area contributed by atoms with Crippen LogP contribution in [0.4, 0.5) is 0 Å². The molecule has 0 bridgehead atoms. The Hall–Kier alpha value is -2.01. The largest absolute Gasteiger partial charge is 0.493 e. The minimum absolute atomic E-state index is 0.266. The predicted octanol–water partition coefficient (Wildman–Crippen LogP) is 4.19. The van der Waals surface area contributed by atoms with E-state index in [1.54, 1.807) is 0 Å². The van der Waals surface area contributed by atoms with Crippen molar-refractivity contribution in [1.29, 1.82) is 0 Å². The molecule has 1 aliphatic heterocycles. The first kappa shape index (κ1) is 18.4. The Morgan fingerprint density at radius 3 is 2.93 bits per heavy atom. The number of carbonyl (C=O) groups excluding carboxylic acids is 1. The summed E-state index contributed by atoms with van der Waals surface area (Å²) in [6, 6.07) is 9.55. The van der Waals surface area contributed by atoms with Gasteiger partial charge in [0, 0.05) is 42.1 Å². The van der Waals surface area contributed by atoms with E-state index >= 15 is 0 Å². The third kappa shape index (κ3) is 4.46. The maximum absolute atomic E-state index is 12.6. The smallest absolute Gasteiger partial charge is 0.225 e. The molecule has 1 saturated heterocycles. The summed E-state index contributed by atoms with van der Waals surface area (Å²) in [4.78, 5) is 14.7. The number of hydrogen-bond acceptors (Lipinski definition) is 3. The molecular weight excluding hydrogens is 362 g/mol. The van der Waals surface area contributed by atoms with Gasteiger partial charge in [-0.15, -0.1) is 0 Å². The van der Waals surface area contributed by atoms with Crippen LogP contribution in [-0.4, -0.2) is 40.7 Å². The summed E-state index contributed by atoms with van der Waals surface area (Å²) in [5.41, 5.74) is 2.13. The van der Waals surface area contributed by atoms with Gasteiger partial charge < -0.3 is 9.64 Å². The van der Waals surface area contributed by atoms with Crippen molar-refractivity contribution in [3.05, 3.63) is 46.7 Å². The van der Waals surface area contributed by atoms with Crippen LogP contribution in [0.1, 0.15) is 49.4 Å². The zero-order chi connectivity index (χ0) is 18.6. The fourth-order valence-corrected chi connectivity index (χ4v) is 4.37. The topological polar surface area (TPSA) is 58.2 Å². The van der Waals surface area contributed by atoms with Crippen molar-refractivity contribution >= 4 is 17.5 Å². The number of rotatable bonds is 6. The van der Waals surface area contributed by atoms with E-state index in [0.29, 0.717) is 23.5 Å². The molecule has 1 atom stereocenters. The molecule has 4 rings (SSSR count). The zero-order valence-electron chi connectivity index (χ0n) is 15.5.